The summed E-state index contributed by atoms with van der Waals surface area (Å²) in [6.07, 6.45) is 2.48. The molecule has 1 aromatic heterocycles. The van der Waals surface area contributed by atoms with Gasteiger partial charge in [0.15, 0.2) is 0 Å². The van der Waals surface area contributed by atoms with Crippen molar-refractivity contribution < 1.29 is 14.3 Å². The molecular formula is C17H18Cl2N2O3. The van der Waals surface area contributed by atoms with Crippen LogP contribution in [0.25, 0.3) is 0 Å². The molecule has 0 saturated carbocycles. The summed E-state index contributed by atoms with van der Waals surface area (Å²) in [6.45, 7) is 1.56. The molecule has 0 aliphatic carbocycles. The molecule has 24 heavy (non-hydrogen) atoms. The van der Waals surface area contributed by atoms with Crippen molar-refractivity contribution >= 4 is 29.4 Å². The smallest absolute Gasteiger partial charge is 0.316 e. The Bertz CT molecular complexity index is 707. The lowest BCUT2D eigenvalue weighted by Gasteiger charge is -2.27. The van der Waals surface area contributed by atoms with E-state index >= 15 is 0 Å². The molecule has 3 rings (SSSR count). The summed E-state index contributed by atoms with van der Waals surface area (Å²) in [7, 11) is 1.61. The Morgan fingerprint density at radius 1 is 1.25 bits per heavy atom. The molecule has 0 radical (unpaired) electrons. The van der Waals surface area contributed by atoms with Gasteiger partial charge in [-0.2, -0.15) is 0 Å². The number of nitrogens with zero attached hydrogens (tertiary/aromatic N) is 2. The second-order valence-corrected chi connectivity index (χ2v) is 5.66. The molecular weight excluding hydrogens is 351 g/mol. The fourth-order valence-corrected chi connectivity index (χ4v) is 2.69. The second kappa shape index (κ2) is 8.22. The molecule has 0 bridgehead atoms. The number of rotatable bonds is 4. The Labute approximate surface area is 151 Å². The number of pyridine rings is 1. The van der Waals surface area contributed by atoms with Crippen molar-refractivity contribution in [3.8, 4) is 11.5 Å². The van der Waals surface area contributed by atoms with E-state index < -0.39 is 5.37 Å². The van der Waals surface area contributed by atoms with Gasteiger partial charge in [0, 0.05) is 13.1 Å². The molecule has 0 N–H and O–H groups in total. The maximum atomic E-state index is 11.3. The van der Waals surface area contributed by atoms with Crippen LogP contribution in [0.15, 0.2) is 36.5 Å². The highest BCUT2D eigenvalue weighted by molar-refractivity contribution is 6.62. The molecule has 0 fully saturated rings. The first-order valence-corrected chi connectivity index (χ1v) is 7.71. The molecule has 5 nitrogen and oxygen atoms in total. The molecule has 0 atom stereocenters. The number of carbonyl (C=O) groups is 1. The predicted molar refractivity (Wildman–Crippen MR) is 94.2 cm³/mol. The predicted octanol–water partition coefficient (Wildman–Crippen LogP) is 3.81. The zero-order valence-corrected chi connectivity index (χ0v) is 14.8. The van der Waals surface area contributed by atoms with Crippen molar-refractivity contribution in [3.63, 3.8) is 0 Å². The average molecular weight is 369 g/mol. The van der Waals surface area contributed by atoms with Gasteiger partial charge < -0.3 is 14.4 Å². The van der Waals surface area contributed by atoms with Gasteiger partial charge >= 0.3 is 5.37 Å². The summed E-state index contributed by atoms with van der Waals surface area (Å²) >= 11 is 5.57. The van der Waals surface area contributed by atoms with E-state index in [1.54, 1.807) is 18.2 Å². The van der Waals surface area contributed by atoms with E-state index in [0.717, 1.165) is 23.4 Å². The number of ether oxygens (including phenoxy) is 2. The normalized spacial score (nSPS) is 12.8. The van der Waals surface area contributed by atoms with Crippen molar-refractivity contribution in [1.29, 1.82) is 0 Å². The van der Waals surface area contributed by atoms with E-state index in [9.17, 15) is 4.79 Å². The molecule has 1 aromatic carbocycles. The number of amides is 1. The lowest BCUT2D eigenvalue weighted by molar-refractivity contribution is 0.216. The third kappa shape index (κ3) is 4.30. The van der Waals surface area contributed by atoms with Crippen LogP contribution < -0.4 is 9.47 Å². The van der Waals surface area contributed by atoms with Gasteiger partial charge in [0.1, 0.15) is 18.1 Å². The number of fused-ring (bicyclic) bond motifs is 1. The SMILES string of the molecule is COc1ccc(COc2ccc3c(c2)CN(C(=O)Cl)CC3)nc1.Cl. The molecule has 1 aliphatic heterocycles. The summed E-state index contributed by atoms with van der Waals surface area (Å²) in [5.74, 6) is 1.47. The fourth-order valence-electron chi connectivity index (χ4n) is 2.55. The number of aromatic nitrogens is 1. The largest absolute Gasteiger partial charge is 0.495 e. The minimum atomic E-state index is -0.413. The van der Waals surface area contributed by atoms with Crippen LogP contribution in [-0.4, -0.2) is 28.9 Å². The third-order valence-corrected chi connectivity index (χ3v) is 4.10. The molecule has 0 unspecified atom stereocenters. The van der Waals surface area contributed by atoms with Gasteiger partial charge in [-0.3, -0.25) is 9.78 Å². The summed E-state index contributed by atoms with van der Waals surface area (Å²) in [6, 6.07) is 9.67. The van der Waals surface area contributed by atoms with Crippen LogP contribution in [0.2, 0.25) is 0 Å². The van der Waals surface area contributed by atoms with Gasteiger partial charge in [-0.1, -0.05) is 6.07 Å². The number of carbonyl (C=O) groups excluding carboxylic acids is 1. The van der Waals surface area contributed by atoms with Crippen molar-refractivity contribution in [1.82, 2.24) is 9.88 Å². The topological polar surface area (TPSA) is 51.7 Å². The van der Waals surface area contributed by atoms with Gasteiger partial charge in [0.05, 0.1) is 19.0 Å². The molecule has 1 amide bonds. The van der Waals surface area contributed by atoms with Crippen LogP contribution >= 0.6 is 24.0 Å². The van der Waals surface area contributed by atoms with E-state index in [4.69, 9.17) is 21.1 Å². The summed E-state index contributed by atoms with van der Waals surface area (Å²) in [5, 5.41) is -0.413. The van der Waals surface area contributed by atoms with Crippen molar-refractivity contribution in [2.75, 3.05) is 13.7 Å². The Morgan fingerprint density at radius 2 is 2.04 bits per heavy atom. The molecule has 0 spiro atoms. The molecule has 7 heteroatoms. The van der Waals surface area contributed by atoms with E-state index in [-0.39, 0.29) is 12.4 Å². The highest BCUT2D eigenvalue weighted by Crippen LogP contribution is 2.25. The molecule has 2 heterocycles. The Balaban J connectivity index is 0.00000208. The second-order valence-electron chi connectivity index (χ2n) is 5.33. The summed E-state index contributed by atoms with van der Waals surface area (Å²) in [4.78, 5) is 17.2. The maximum absolute atomic E-state index is 11.3. The first-order valence-electron chi connectivity index (χ1n) is 7.33. The van der Waals surface area contributed by atoms with Crippen LogP contribution in [0.1, 0.15) is 16.8 Å². The molecule has 128 valence electrons. The quantitative estimate of drug-likeness (QED) is 0.608. The Kier molecular flexibility index (Phi) is 6.29. The number of halogens is 2. The van der Waals surface area contributed by atoms with Gasteiger partial charge in [0.2, 0.25) is 0 Å². The Hall–Kier alpha value is -1.98. The van der Waals surface area contributed by atoms with Gasteiger partial charge in [-0.15, -0.1) is 12.4 Å². The van der Waals surface area contributed by atoms with E-state index in [2.05, 4.69) is 4.98 Å². The molecule has 0 saturated heterocycles. The maximum Gasteiger partial charge on any atom is 0.316 e. The molecule has 2 aromatic rings. The lowest BCUT2D eigenvalue weighted by Crippen LogP contribution is -2.32. The minimum Gasteiger partial charge on any atom is -0.495 e. The third-order valence-electron chi connectivity index (χ3n) is 3.86. The monoisotopic (exact) mass is 368 g/mol. The number of benzene rings is 1. The molecule has 1 aliphatic rings. The minimum absolute atomic E-state index is 0. The van der Waals surface area contributed by atoms with Crippen molar-refractivity contribution in [2.24, 2.45) is 0 Å². The van der Waals surface area contributed by atoms with Crippen LogP contribution in [0.4, 0.5) is 4.79 Å². The van der Waals surface area contributed by atoms with E-state index in [0.29, 0.717) is 25.4 Å². The number of methoxy groups -OCH3 is 1. The highest BCUT2D eigenvalue weighted by Gasteiger charge is 2.19. The van der Waals surface area contributed by atoms with E-state index in [1.165, 1.54) is 5.56 Å². The van der Waals surface area contributed by atoms with Gasteiger partial charge in [-0.25, -0.2) is 0 Å². The highest BCUT2D eigenvalue weighted by atomic mass is 35.5. The van der Waals surface area contributed by atoms with Crippen LogP contribution in [-0.2, 0) is 19.6 Å². The number of hydrogen-bond acceptors (Lipinski definition) is 4. The summed E-state index contributed by atoms with van der Waals surface area (Å²) < 4.78 is 10.9. The van der Waals surface area contributed by atoms with Crippen LogP contribution in [0.3, 0.4) is 0 Å². The average Bonchev–Trinajstić information content (AvgIpc) is 2.59. The fraction of sp³-hybridized carbons (Fsp3) is 0.294. The number of hydrogen-bond donors (Lipinski definition) is 0. The van der Waals surface area contributed by atoms with Crippen LogP contribution in [0, 0.1) is 0 Å². The lowest BCUT2D eigenvalue weighted by atomic mass is 10.00. The standard InChI is InChI=1S/C17H17ClN2O3.ClH/c1-22-16-5-3-14(19-9-16)11-23-15-4-2-12-6-7-20(17(18)21)10-13(12)8-15;/h2-5,8-9H,6-7,10-11H2,1H3;1H. The van der Waals surface area contributed by atoms with Crippen molar-refractivity contribution in [2.45, 2.75) is 19.6 Å². The summed E-state index contributed by atoms with van der Waals surface area (Å²) in [5.41, 5.74) is 3.13. The van der Waals surface area contributed by atoms with Crippen LogP contribution in [0.5, 0.6) is 11.5 Å². The first kappa shape index (κ1) is 18.4. The van der Waals surface area contributed by atoms with Gasteiger partial charge in [0.25, 0.3) is 0 Å². The zero-order chi connectivity index (χ0) is 16.2. The van der Waals surface area contributed by atoms with Gasteiger partial charge in [-0.05, 0) is 53.4 Å². The Morgan fingerprint density at radius 3 is 2.71 bits per heavy atom. The zero-order valence-electron chi connectivity index (χ0n) is 13.2. The first-order chi connectivity index (χ1) is 11.2. The van der Waals surface area contributed by atoms with E-state index in [1.807, 2.05) is 30.3 Å². The van der Waals surface area contributed by atoms with Crippen molar-refractivity contribution in [3.05, 3.63) is 53.3 Å².